The molecule has 26 heavy (non-hydrogen) atoms. The van der Waals surface area contributed by atoms with Crippen molar-refractivity contribution in [3.8, 4) is 5.75 Å². The molecule has 0 bridgehead atoms. The molecule has 6 heteroatoms. The average molecular weight is 358 g/mol. The first-order valence-electron chi connectivity index (χ1n) is 8.80. The third-order valence-electron chi connectivity index (χ3n) is 4.83. The summed E-state index contributed by atoms with van der Waals surface area (Å²) in [6.45, 7) is 4.70. The normalized spacial score (nSPS) is 17.0. The number of carbonyl (C=O) groups excluding carboxylic acids is 1. The van der Waals surface area contributed by atoms with E-state index in [2.05, 4.69) is 0 Å². The molecule has 1 aliphatic rings. The predicted octanol–water partition coefficient (Wildman–Crippen LogP) is 3.23. The summed E-state index contributed by atoms with van der Waals surface area (Å²) < 4.78 is 21.3. The molecule has 0 spiro atoms. The molecule has 1 atom stereocenters. The van der Waals surface area contributed by atoms with Crippen LogP contribution >= 0.6 is 0 Å². The number of pyridine rings is 1. The summed E-state index contributed by atoms with van der Waals surface area (Å²) in [5.41, 5.74) is 1.44. The number of carbonyl (C=O) groups is 1. The maximum atomic E-state index is 14.6. The Labute approximate surface area is 152 Å². The molecule has 1 aromatic heterocycles. The van der Waals surface area contributed by atoms with Crippen molar-refractivity contribution in [2.45, 2.75) is 39.2 Å². The highest BCUT2D eigenvalue weighted by Crippen LogP contribution is 2.35. The molecule has 1 amide bonds. The van der Waals surface area contributed by atoms with Crippen molar-refractivity contribution in [3.05, 3.63) is 57.8 Å². The van der Waals surface area contributed by atoms with Crippen LogP contribution in [0.3, 0.4) is 0 Å². The van der Waals surface area contributed by atoms with Crippen molar-refractivity contribution in [2.24, 2.45) is 0 Å². The molecule has 1 aromatic carbocycles. The molecule has 2 aromatic rings. The van der Waals surface area contributed by atoms with Gasteiger partial charge in [0.05, 0.1) is 7.11 Å². The van der Waals surface area contributed by atoms with E-state index in [1.54, 1.807) is 29.0 Å². The van der Waals surface area contributed by atoms with E-state index in [0.29, 0.717) is 30.1 Å². The molecule has 1 aliphatic heterocycles. The number of anilines is 1. The number of aromatic nitrogens is 1. The van der Waals surface area contributed by atoms with Gasteiger partial charge in [-0.25, -0.2) is 4.39 Å². The second-order valence-electron chi connectivity index (χ2n) is 6.64. The van der Waals surface area contributed by atoms with Gasteiger partial charge >= 0.3 is 0 Å². The van der Waals surface area contributed by atoms with E-state index in [1.165, 1.54) is 18.1 Å². The lowest BCUT2D eigenvalue weighted by atomic mass is 9.93. The molecule has 0 aliphatic carbocycles. The Morgan fingerprint density at radius 1 is 1.31 bits per heavy atom. The Bertz CT molecular complexity index is 868. The molecule has 2 heterocycles. The Kier molecular flexibility index (Phi) is 5.11. The fourth-order valence-corrected chi connectivity index (χ4v) is 3.64. The Morgan fingerprint density at radius 3 is 2.73 bits per heavy atom. The van der Waals surface area contributed by atoms with Crippen molar-refractivity contribution >= 4 is 11.6 Å². The summed E-state index contributed by atoms with van der Waals surface area (Å²) in [6, 6.07) is 6.53. The van der Waals surface area contributed by atoms with Crippen LogP contribution in [0.1, 0.15) is 36.8 Å². The quantitative estimate of drug-likeness (QED) is 0.825. The molecular weight excluding hydrogens is 335 g/mol. The van der Waals surface area contributed by atoms with Gasteiger partial charge in [-0.2, -0.15) is 0 Å². The monoisotopic (exact) mass is 358 g/mol. The van der Waals surface area contributed by atoms with Crippen molar-refractivity contribution in [1.29, 1.82) is 0 Å². The Hall–Kier alpha value is -2.63. The first-order valence-corrected chi connectivity index (χ1v) is 8.80. The predicted molar refractivity (Wildman–Crippen MR) is 98.4 cm³/mol. The summed E-state index contributed by atoms with van der Waals surface area (Å²) in [5.74, 6) is -0.364. The van der Waals surface area contributed by atoms with Gasteiger partial charge in [0.15, 0.2) is 0 Å². The number of halogens is 1. The van der Waals surface area contributed by atoms with Crippen molar-refractivity contribution in [2.75, 3.05) is 18.6 Å². The first-order chi connectivity index (χ1) is 12.5. The van der Waals surface area contributed by atoms with E-state index < -0.39 is 0 Å². The van der Waals surface area contributed by atoms with E-state index in [4.69, 9.17) is 4.74 Å². The number of hydrogen-bond acceptors (Lipinski definition) is 3. The van der Waals surface area contributed by atoms with Gasteiger partial charge in [0.2, 0.25) is 5.91 Å². The van der Waals surface area contributed by atoms with E-state index in [-0.39, 0.29) is 29.6 Å². The fourth-order valence-electron chi connectivity index (χ4n) is 3.64. The molecule has 3 rings (SSSR count). The molecule has 0 saturated carbocycles. The van der Waals surface area contributed by atoms with Crippen LogP contribution < -0.4 is 15.2 Å². The van der Waals surface area contributed by atoms with Gasteiger partial charge in [-0.05, 0) is 42.7 Å². The fraction of sp³-hybridized carbons (Fsp3) is 0.400. The van der Waals surface area contributed by atoms with Gasteiger partial charge in [-0.3, -0.25) is 9.59 Å². The highest BCUT2D eigenvalue weighted by molar-refractivity contribution is 5.96. The van der Waals surface area contributed by atoms with Gasteiger partial charge in [0.25, 0.3) is 5.56 Å². The number of methoxy groups -OCH3 is 1. The summed E-state index contributed by atoms with van der Waals surface area (Å²) in [7, 11) is 1.49. The first kappa shape index (κ1) is 18.2. The average Bonchev–Trinajstić information content (AvgIpc) is 2.97. The van der Waals surface area contributed by atoms with Crippen LogP contribution in [0.4, 0.5) is 10.1 Å². The van der Waals surface area contributed by atoms with Crippen LogP contribution in [0.25, 0.3) is 0 Å². The topological polar surface area (TPSA) is 51.5 Å². The van der Waals surface area contributed by atoms with E-state index in [1.807, 2.05) is 13.8 Å². The number of ether oxygens (including phenoxy) is 1. The second kappa shape index (κ2) is 7.32. The number of nitrogens with zero attached hydrogens (tertiary/aromatic N) is 2. The SMILES string of the molecule is CCCn1cccc(N2C[C@@H](c3c(C)cc(OC)cc3F)CC2=O)c1=O. The van der Waals surface area contributed by atoms with Crippen molar-refractivity contribution < 1.29 is 13.9 Å². The molecular formula is C20H23FN2O3. The Balaban J connectivity index is 1.93. The number of amides is 1. The largest absolute Gasteiger partial charge is 0.497 e. The maximum absolute atomic E-state index is 14.6. The summed E-state index contributed by atoms with van der Waals surface area (Å²) in [4.78, 5) is 26.7. The van der Waals surface area contributed by atoms with Crippen LogP contribution in [0.5, 0.6) is 5.75 Å². The van der Waals surface area contributed by atoms with Crippen LogP contribution in [-0.4, -0.2) is 24.1 Å². The summed E-state index contributed by atoms with van der Waals surface area (Å²) in [5, 5.41) is 0. The lowest BCUT2D eigenvalue weighted by Crippen LogP contribution is -2.33. The van der Waals surface area contributed by atoms with Gasteiger partial charge in [0, 0.05) is 37.7 Å². The number of benzene rings is 1. The van der Waals surface area contributed by atoms with Crippen molar-refractivity contribution in [1.82, 2.24) is 4.57 Å². The summed E-state index contributed by atoms with van der Waals surface area (Å²) in [6.07, 6.45) is 2.74. The van der Waals surface area contributed by atoms with E-state index in [9.17, 15) is 14.0 Å². The minimum Gasteiger partial charge on any atom is -0.497 e. The van der Waals surface area contributed by atoms with E-state index >= 15 is 0 Å². The van der Waals surface area contributed by atoms with Crippen LogP contribution in [0, 0.1) is 12.7 Å². The number of hydrogen-bond donors (Lipinski definition) is 0. The summed E-state index contributed by atoms with van der Waals surface area (Å²) >= 11 is 0. The zero-order chi connectivity index (χ0) is 18.8. The minimum atomic E-state index is -0.377. The highest BCUT2D eigenvalue weighted by Gasteiger charge is 2.35. The Morgan fingerprint density at radius 2 is 2.08 bits per heavy atom. The van der Waals surface area contributed by atoms with E-state index in [0.717, 1.165) is 12.0 Å². The zero-order valence-electron chi connectivity index (χ0n) is 15.3. The number of aryl methyl sites for hydroxylation is 2. The molecule has 0 N–H and O–H groups in total. The minimum absolute atomic E-state index is 0.157. The molecule has 138 valence electrons. The molecule has 0 unspecified atom stereocenters. The lowest BCUT2D eigenvalue weighted by Gasteiger charge is -2.19. The second-order valence-corrected chi connectivity index (χ2v) is 6.64. The van der Waals surface area contributed by atoms with Gasteiger partial charge in [0.1, 0.15) is 17.3 Å². The molecule has 1 fully saturated rings. The van der Waals surface area contributed by atoms with Crippen LogP contribution in [0.2, 0.25) is 0 Å². The third-order valence-corrected chi connectivity index (χ3v) is 4.83. The van der Waals surface area contributed by atoms with Gasteiger partial charge < -0.3 is 14.2 Å². The van der Waals surface area contributed by atoms with Crippen LogP contribution in [-0.2, 0) is 11.3 Å². The standard InChI is InChI=1S/C20H23FN2O3/c1-4-7-22-8-5-6-17(20(22)25)23-12-14(10-18(23)24)19-13(2)9-15(26-3)11-16(19)21/h5-6,8-9,11,14H,4,7,10,12H2,1-3H3/t14-/m0/s1. The van der Waals surface area contributed by atoms with Gasteiger partial charge in [-0.1, -0.05) is 6.92 Å². The molecule has 0 radical (unpaired) electrons. The molecule has 5 nitrogen and oxygen atoms in total. The van der Waals surface area contributed by atoms with Gasteiger partial charge in [-0.15, -0.1) is 0 Å². The van der Waals surface area contributed by atoms with Crippen molar-refractivity contribution in [3.63, 3.8) is 0 Å². The highest BCUT2D eigenvalue weighted by atomic mass is 19.1. The zero-order valence-corrected chi connectivity index (χ0v) is 15.3. The lowest BCUT2D eigenvalue weighted by molar-refractivity contribution is -0.117. The number of rotatable bonds is 5. The third kappa shape index (κ3) is 3.23. The molecule has 1 saturated heterocycles. The maximum Gasteiger partial charge on any atom is 0.274 e. The smallest absolute Gasteiger partial charge is 0.274 e. The van der Waals surface area contributed by atoms with Crippen LogP contribution in [0.15, 0.2) is 35.3 Å².